The number of hydrogen-bond acceptors (Lipinski definition) is 6. The summed E-state index contributed by atoms with van der Waals surface area (Å²) in [7, 11) is -3.51. The van der Waals surface area contributed by atoms with Crippen molar-refractivity contribution in [2.75, 3.05) is 5.75 Å². The van der Waals surface area contributed by atoms with Gasteiger partial charge in [0.1, 0.15) is 0 Å². The highest BCUT2D eigenvalue weighted by molar-refractivity contribution is 7.99. The largest absolute Gasteiger partial charge is 0.411 e. The van der Waals surface area contributed by atoms with E-state index in [0.29, 0.717) is 16.9 Å². The van der Waals surface area contributed by atoms with E-state index in [2.05, 4.69) is 10.2 Å². The van der Waals surface area contributed by atoms with E-state index in [0.717, 1.165) is 21.9 Å². The van der Waals surface area contributed by atoms with Gasteiger partial charge in [0.2, 0.25) is 5.89 Å². The number of fused-ring (bicyclic) bond motifs is 1. The molecule has 0 aliphatic heterocycles. The maximum absolute atomic E-state index is 12.6. The normalized spacial score (nSPS) is 12.0. The van der Waals surface area contributed by atoms with E-state index in [1.165, 1.54) is 17.2 Å². The Labute approximate surface area is 173 Å². The molecule has 1 aromatic heterocycles. The van der Waals surface area contributed by atoms with E-state index >= 15 is 0 Å². The summed E-state index contributed by atoms with van der Waals surface area (Å²) >= 11 is 1.29. The van der Waals surface area contributed by atoms with Crippen molar-refractivity contribution in [2.45, 2.75) is 17.0 Å². The van der Waals surface area contributed by atoms with Gasteiger partial charge in [0, 0.05) is 16.7 Å². The number of thioether (sulfide) groups is 1. The highest BCUT2D eigenvalue weighted by Gasteiger charge is 2.12. The van der Waals surface area contributed by atoms with Crippen LogP contribution >= 0.6 is 11.8 Å². The van der Waals surface area contributed by atoms with Gasteiger partial charge in [-0.15, -0.1) is 10.2 Å². The Hall–Kier alpha value is -2.90. The Balaban J connectivity index is 1.43. The lowest BCUT2D eigenvalue weighted by atomic mass is 10.1. The lowest BCUT2D eigenvalue weighted by Gasteiger charge is -2.02. The molecule has 4 rings (SSSR count). The predicted octanol–water partition coefficient (Wildman–Crippen LogP) is 5.28. The second-order valence-corrected chi connectivity index (χ2v) is 9.23. The first-order chi connectivity index (χ1) is 14.0. The average molecular weight is 423 g/mol. The number of hydrogen-bond donors (Lipinski definition) is 0. The van der Waals surface area contributed by atoms with Crippen molar-refractivity contribution in [2.24, 2.45) is 0 Å². The molecule has 0 aliphatic carbocycles. The Morgan fingerprint density at radius 3 is 2.55 bits per heavy atom. The third kappa shape index (κ3) is 4.41. The van der Waals surface area contributed by atoms with E-state index in [4.69, 9.17) is 4.42 Å². The molecule has 0 saturated carbocycles. The summed E-state index contributed by atoms with van der Waals surface area (Å²) in [4.78, 5) is 0.275. The monoisotopic (exact) mass is 422 g/mol. The van der Waals surface area contributed by atoms with Crippen molar-refractivity contribution < 1.29 is 12.8 Å². The first kappa shape index (κ1) is 19.4. The SMILES string of the molecule is Cc1ccccc1-c1nnc(SC/C=C/S(=O)(=O)c2ccc3ccccc3c2)o1. The number of sulfone groups is 1. The van der Waals surface area contributed by atoms with Crippen LogP contribution in [0.2, 0.25) is 0 Å². The van der Waals surface area contributed by atoms with Gasteiger partial charge in [-0.2, -0.15) is 0 Å². The molecule has 0 fully saturated rings. The summed E-state index contributed by atoms with van der Waals surface area (Å²) in [6.45, 7) is 1.98. The van der Waals surface area contributed by atoms with Crippen molar-refractivity contribution in [3.8, 4) is 11.5 Å². The van der Waals surface area contributed by atoms with Crippen LogP contribution in [0.15, 0.2) is 92.7 Å². The van der Waals surface area contributed by atoms with Gasteiger partial charge in [-0.05, 0) is 41.5 Å². The van der Waals surface area contributed by atoms with Gasteiger partial charge >= 0.3 is 0 Å². The molecule has 146 valence electrons. The summed E-state index contributed by atoms with van der Waals surface area (Å²) < 4.78 is 30.8. The number of aromatic nitrogens is 2. The van der Waals surface area contributed by atoms with E-state index in [-0.39, 0.29) is 4.90 Å². The van der Waals surface area contributed by atoms with E-state index < -0.39 is 9.84 Å². The molecule has 0 N–H and O–H groups in total. The van der Waals surface area contributed by atoms with Crippen molar-refractivity contribution in [3.05, 3.63) is 83.8 Å². The average Bonchev–Trinajstić information content (AvgIpc) is 3.20. The van der Waals surface area contributed by atoms with Crippen LogP contribution in [-0.4, -0.2) is 24.4 Å². The zero-order valence-electron chi connectivity index (χ0n) is 15.6. The Kier molecular flexibility index (Phi) is 5.51. The second kappa shape index (κ2) is 8.23. The number of aryl methyl sites for hydroxylation is 1. The number of rotatable bonds is 6. The maximum Gasteiger partial charge on any atom is 0.277 e. The fourth-order valence-electron chi connectivity index (χ4n) is 2.90. The molecular weight excluding hydrogens is 404 g/mol. The number of nitrogens with zero attached hydrogens (tertiary/aromatic N) is 2. The van der Waals surface area contributed by atoms with Crippen molar-refractivity contribution in [1.82, 2.24) is 10.2 Å². The van der Waals surface area contributed by atoms with Gasteiger partial charge in [-0.1, -0.05) is 66.4 Å². The van der Waals surface area contributed by atoms with Crippen LogP contribution in [0.5, 0.6) is 0 Å². The lowest BCUT2D eigenvalue weighted by Crippen LogP contribution is -1.96. The van der Waals surface area contributed by atoms with Crippen LogP contribution in [0.3, 0.4) is 0 Å². The van der Waals surface area contributed by atoms with Gasteiger partial charge < -0.3 is 4.42 Å². The predicted molar refractivity (Wildman–Crippen MR) is 115 cm³/mol. The Morgan fingerprint density at radius 2 is 1.72 bits per heavy atom. The fraction of sp³-hybridized carbons (Fsp3) is 0.0909. The molecule has 0 spiro atoms. The van der Waals surface area contributed by atoms with Gasteiger partial charge in [0.15, 0.2) is 9.84 Å². The van der Waals surface area contributed by atoms with Crippen LogP contribution in [-0.2, 0) is 9.84 Å². The molecule has 0 amide bonds. The summed E-state index contributed by atoms with van der Waals surface area (Å²) in [5.41, 5.74) is 1.94. The first-order valence-electron chi connectivity index (χ1n) is 8.96. The summed E-state index contributed by atoms with van der Waals surface area (Å²) in [5.74, 6) is 0.862. The minimum Gasteiger partial charge on any atom is -0.411 e. The van der Waals surface area contributed by atoms with Crippen LogP contribution < -0.4 is 0 Å². The topological polar surface area (TPSA) is 73.1 Å². The molecule has 0 bridgehead atoms. The van der Waals surface area contributed by atoms with Gasteiger partial charge in [0.05, 0.1) is 4.90 Å². The summed E-state index contributed by atoms with van der Waals surface area (Å²) in [5, 5.41) is 11.6. The summed E-state index contributed by atoms with van der Waals surface area (Å²) in [6, 6.07) is 20.6. The highest BCUT2D eigenvalue weighted by Crippen LogP contribution is 2.26. The lowest BCUT2D eigenvalue weighted by molar-refractivity contribution is 0.466. The third-order valence-electron chi connectivity index (χ3n) is 4.41. The molecule has 1 heterocycles. The molecule has 0 radical (unpaired) electrons. The van der Waals surface area contributed by atoms with Crippen LogP contribution in [0, 0.1) is 6.92 Å². The minimum atomic E-state index is -3.51. The van der Waals surface area contributed by atoms with Gasteiger partial charge in [-0.3, -0.25) is 0 Å². The Bertz CT molecular complexity index is 1290. The molecule has 0 saturated heterocycles. The van der Waals surface area contributed by atoms with Crippen LogP contribution in [0.1, 0.15) is 5.56 Å². The second-order valence-electron chi connectivity index (χ2n) is 6.42. The molecule has 29 heavy (non-hydrogen) atoms. The molecular formula is C22H18N2O3S2. The smallest absolute Gasteiger partial charge is 0.277 e. The standard InChI is InChI=1S/C22H18N2O3S2/c1-16-7-2-5-10-20(16)21-23-24-22(27-21)28-13-6-14-29(25,26)19-12-11-17-8-3-4-9-18(17)15-19/h2-12,14-15H,13H2,1H3/b14-6+. The van der Waals surface area contributed by atoms with E-state index in [1.807, 2.05) is 61.5 Å². The van der Waals surface area contributed by atoms with Gasteiger partial charge in [0.25, 0.3) is 5.22 Å². The van der Waals surface area contributed by atoms with Crippen molar-refractivity contribution in [1.29, 1.82) is 0 Å². The quantitative estimate of drug-likeness (QED) is 0.394. The molecule has 3 aromatic carbocycles. The zero-order valence-corrected chi connectivity index (χ0v) is 17.3. The first-order valence-corrected chi connectivity index (χ1v) is 11.5. The van der Waals surface area contributed by atoms with E-state index in [9.17, 15) is 8.42 Å². The third-order valence-corrected chi connectivity index (χ3v) is 6.64. The molecule has 0 unspecified atom stereocenters. The van der Waals surface area contributed by atoms with Crippen LogP contribution in [0.4, 0.5) is 0 Å². The van der Waals surface area contributed by atoms with Crippen molar-refractivity contribution >= 4 is 32.4 Å². The summed E-state index contributed by atoms with van der Waals surface area (Å²) in [6.07, 6.45) is 1.59. The zero-order chi connectivity index (χ0) is 20.3. The Morgan fingerprint density at radius 1 is 0.966 bits per heavy atom. The molecule has 5 nitrogen and oxygen atoms in total. The molecule has 4 aromatic rings. The van der Waals surface area contributed by atoms with Crippen LogP contribution in [0.25, 0.3) is 22.2 Å². The highest BCUT2D eigenvalue weighted by atomic mass is 32.2. The fourth-order valence-corrected chi connectivity index (χ4v) is 4.65. The molecule has 0 atom stereocenters. The van der Waals surface area contributed by atoms with E-state index in [1.54, 1.807) is 18.2 Å². The molecule has 0 aliphatic rings. The van der Waals surface area contributed by atoms with Gasteiger partial charge in [-0.25, -0.2) is 8.42 Å². The number of benzene rings is 3. The maximum atomic E-state index is 12.6. The minimum absolute atomic E-state index is 0.275. The van der Waals surface area contributed by atoms with Crippen molar-refractivity contribution in [3.63, 3.8) is 0 Å². The molecule has 7 heteroatoms.